The molecule has 1 fully saturated rings. The maximum absolute atomic E-state index is 12.1. The van der Waals surface area contributed by atoms with E-state index in [2.05, 4.69) is 39.0 Å². The van der Waals surface area contributed by atoms with E-state index in [0.717, 1.165) is 24.5 Å². The van der Waals surface area contributed by atoms with Crippen LogP contribution in [0.25, 0.3) is 0 Å². The van der Waals surface area contributed by atoms with Crippen molar-refractivity contribution in [2.45, 2.75) is 32.6 Å². The monoisotopic (exact) mass is 342 g/mol. The van der Waals surface area contributed by atoms with Crippen molar-refractivity contribution in [3.63, 3.8) is 0 Å². The van der Waals surface area contributed by atoms with Crippen molar-refractivity contribution in [2.75, 3.05) is 23.7 Å². The molecule has 1 saturated heterocycles. The number of carbonyl (C=O) groups is 1. The van der Waals surface area contributed by atoms with E-state index in [1.54, 1.807) is 6.20 Å². The van der Waals surface area contributed by atoms with Gasteiger partial charge in [-0.2, -0.15) is 0 Å². The molecule has 2 aromatic heterocycles. The van der Waals surface area contributed by atoms with Gasteiger partial charge in [-0.25, -0.2) is 15.0 Å². The third-order valence-electron chi connectivity index (χ3n) is 3.95. The molecule has 3 heterocycles. The quantitative estimate of drug-likeness (QED) is 0.853. The zero-order chi connectivity index (χ0) is 17.8. The van der Waals surface area contributed by atoms with Crippen LogP contribution in [-0.2, 0) is 11.3 Å². The van der Waals surface area contributed by atoms with Crippen molar-refractivity contribution in [1.82, 2.24) is 20.3 Å². The van der Waals surface area contributed by atoms with Gasteiger partial charge in [-0.1, -0.05) is 6.07 Å². The average molecular weight is 342 g/mol. The normalized spacial score (nSPS) is 20.3. The third kappa shape index (κ3) is 4.21. The fourth-order valence-electron chi connectivity index (χ4n) is 2.86. The molecule has 0 aliphatic carbocycles. The second-order valence-electron chi connectivity index (χ2n) is 6.16. The fraction of sp³-hybridized carbons (Fsp3) is 0.412. The molecule has 0 unspecified atom stereocenters. The van der Waals surface area contributed by atoms with Crippen LogP contribution in [0, 0.1) is 0 Å². The fourth-order valence-corrected chi connectivity index (χ4v) is 2.86. The number of hydrogen-bond donors (Lipinski definition) is 2. The summed E-state index contributed by atoms with van der Waals surface area (Å²) in [4.78, 5) is 26.6. The smallest absolute Gasteiger partial charge is 0.273 e. The highest BCUT2D eigenvalue weighted by Gasteiger charge is 2.23. The molecule has 8 nitrogen and oxygen atoms in total. The van der Waals surface area contributed by atoms with E-state index in [4.69, 9.17) is 10.5 Å². The molecule has 132 valence electrons. The van der Waals surface area contributed by atoms with Crippen molar-refractivity contribution in [2.24, 2.45) is 0 Å². The van der Waals surface area contributed by atoms with Crippen molar-refractivity contribution in [1.29, 1.82) is 0 Å². The molecule has 0 spiro atoms. The molecule has 8 heteroatoms. The molecule has 0 aromatic carbocycles. The van der Waals surface area contributed by atoms with E-state index in [9.17, 15) is 4.79 Å². The van der Waals surface area contributed by atoms with Gasteiger partial charge in [0.25, 0.3) is 5.91 Å². The van der Waals surface area contributed by atoms with E-state index in [1.165, 1.54) is 12.4 Å². The van der Waals surface area contributed by atoms with Crippen LogP contribution in [0.3, 0.4) is 0 Å². The number of hydrogen-bond acceptors (Lipinski definition) is 7. The molecular weight excluding hydrogens is 320 g/mol. The third-order valence-corrected chi connectivity index (χ3v) is 3.95. The van der Waals surface area contributed by atoms with Gasteiger partial charge in [-0.05, 0) is 25.5 Å². The second-order valence-corrected chi connectivity index (χ2v) is 6.16. The van der Waals surface area contributed by atoms with Crippen LogP contribution >= 0.6 is 0 Å². The Morgan fingerprint density at radius 1 is 1.24 bits per heavy atom. The number of amides is 1. The highest BCUT2D eigenvalue weighted by atomic mass is 16.5. The van der Waals surface area contributed by atoms with Crippen LogP contribution in [-0.4, -0.2) is 46.2 Å². The van der Waals surface area contributed by atoms with Gasteiger partial charge in [0.15, 0.2) is 11.5 Å². The zero-order valence-electron chi connectivity index (χ0n) is 14.3. The molecular formula is C17H22N6O2. The first-order valence-corrected chi connectivity index (χ1v) is 8.23. The molecule has 1 aliphatic heterocycles. The first-order chi connectivity index (χ1) is 12.0. The number of morpholine rings is 1. The van der Waals surface area contributed by atoms with Gasteiger partial charge in [0.1, 0.15) is 5.82 Å². The summed E-state index contributed by atoms with van der Waals surface area (Å²) < 4.78 is 5.74. The SMILES string of the molecule is C[C@@H]1CN(c2ccc(CNC(=O)c3nccnc3N)cn2)C[C@@H](C)O1. The van der Waals surface area contributed by atoms with Crippen molar-refractivity contribution in [3.8, 4) is 0 Å². The Balaban J connectivity index is 1.59. The van der Waals surface area contributed by atoms with Crippen LogP contribution < -0.4 is 16.0 Å². The zero-order valence-corrected chi connectivity index (χ0v) is 14.3. The molecule has 0 radical (unpaired) electrons. The molecule has 2 atom stereocenters. The summed E-state index contributed by atoms with van der Waals surface area (Å²) in [5.74, 6) is 0.671. The van der Waals surface area contributed by atoms with Gasteiger partial charge in [-0.3, -0.25) is 4.79 Å². The van der Waals surface area contributed by atoms with Gasteiger partial charge in [-0.15, -0.1) is 0 Å². The molecule has 3 N–H and O–H groups in total. The van der Waals surface area contributed by atoms with Crippen molar-refractivity contribution >= 4 is 17.5 Å². The van der Waals surface area contributed by atoms with Crippen molar-refractivity contribution < 1.29 is 9.53 Å². The van der Waals surface area contributed by atoms with Crippen LogP contribution in [0.15, 0.2) is 30.7 Å². The lowest BCUT2D eigenvalue weighted by Crippen LogP contribution is -2.45. The second kappa shape index (κ2) is 7.43. The van der Waals surface area contributed by atoms with Gasteiger partial charge in [0, 0.05) is 38.2 Å². The lowest BCUT2D eigenvalue weighted by Gasteiger charge is -2.36. The predicted molar refractivity (Wildman–Crippen MR) is 94.1 cm³/mol. The number of ether oxygens (including phenoxy) is 1. The Hall–Kier alpha value is -2.74. The Kier molecular flexibility index (Phi) is 5.08. The van der Waals surface area contributed by atoms with E-state index >= 15 is 0 Å². The van der Waals surface area contributed by atoms with Gasteiger partial charge >= 0.3 is 0 Å². The first-order valence-electron chi connectivity index (χ1n) is 8.23. The number of rotatable bonds is 4. The van der Waals surface area contributed by atoms with Gasteiger partial charge < -0.3 is 20.7 Å². The largest absolute Gasteiger partial charge is 0.382 e. The number of nitrogens with two attached hydrogens (primary N) is 1. The van der Waals surface area contributed by atoms with E-state index in [-0.39, 0.29) is 29.6 Å². The number of aromatic nitrogens is 3. The standard InChI is InChI=1S/C17H22N6O2/c1-11-9-23(10-12(2)25-11)14-4-3-13(7-21-14)8-22-17(24)15-16(18)20-6-5-19-15/h3-7,11-12H,8-10H2,1-2H3,(H2,18,20)(H,22,24)/t11-,12-/m1/s1. The predicted octanol–water partition coefficient (Wildman–Crippen LogP) is 0.997. The summed E-state index contributed by atoms with van der Waals surface area (Å²) >= 11 is 0. The first kappa shape index (κ1) is 17.1. The Morgan fingerprint density at radius 2 is 1.96 bits per heavy atom. The lowest BCUT2D eigenvalue weighted by molar-refractivity contribution is -0.00546. The van der Waals surface area contributed by atoms with Crippen LogP contribution in [0.2, 0.25) is 0 Å². The Bertz CT molecular complexity index is 726. The molecule has 2 aromatic rings. The molecule has 1 amide bonds. The van der Waals surface area contributed by atoms with E-state index in [1.807, 2.05) is 12.1 Å². The Morgan fingerprint density at radius 3 is 2.60 bits per heavy atom. The number of nitrogens with zero attached hydrogens (tertiary/aromatic N) is 4. The summed E-state index contributed by atoms with van der Waals surface area (Å²) in [6.07, 6.45) is 5.01. The topological polar surface area (TPSA) is 106 Å². The molecule has 0 bridgehead atoms. The minimum absolute atomic E-state index is 0.115. The maximum atomic E-state index is 12.1. The summed E-state index contributed by atoms with van der Waals surface area (Å²) in [5.41, 5.74) is 6.68. The highest BCUT2D eigenvalue weighted by molar-refractivity contribution is 5.96. The average Bonchev–Trinajstić information content (AvgIpc) is 2.60. The minimum atomic E-state index is -0.356. The lowest BCUT2D eigenvalue weighted by atomic mass is 10.2. The molecule has 3 rings (SSSR count). The van der Waals surface area contributed by atoms with Gasteiger partial charge in [0.2, 0.25) is 0 Å². The number of pyridine rings is 1. The van der Waals surface area contributed by atoms with E-state index < -0.39 is 0 Å². The van der Waals surface area contributed by atoms with Crippen LogP contribution in [0.1, 0.15) is 29.9 Å². The van der Waals surface area contributed by atoms with E-state index in [0.29, 0.717) is 6.54 Å². The van der Waals surface area contributed by atoms with Crippen LogP contribution in [0.5, 0.6) is 0 Å². The maximum Gasteiger partial charge on any atom is 0.273 e. The molecule has 25 heavy (non-hydrogen) atoms. The summed E-state index contributed by atoms with van der Waals surface area (Å²) in [5, 5.41) is 2.77. The number of nitrogen functional groups attached to an aromatic ring is 1. The molecule has 1 aliphatic rings. The number of nitrogens with one attached hydrogen (secondary N) is 1. The Labute approximate surface area is 146 Å². The highest BCUT2D eigenvalue weighted by Crippen LogP contribution is 2.18. The number of anilines is 2. The number of carbonyl (C=O) groups excluding carboxylic acids is 1. The van der Waals surface area contributed by atoms with Crippen molar-refractivity contribution in [3.05, 3.63) is 42.0 Å². The summed E-state index contributed by atoms with van der Waals surface area (Å²) in [6.45, 7) is 6.10. The minimum Gasteiger partial charge on any atom is -0.382 e. The van der Waals surface area contributed by atoms with Crippen LogP contribution in [0.4, 0.5) is 11.6 Å². The molecule has 0 saturated carbocycles. The summed E-state index contributed by atoms with van der Waals surface area (Å²) in [6, 6.07) is 3.91. The van der Waals surface area contributed by atoms with Gasteiger partial charge in [0.05, 0.1) is 12.2 Å². The summed E-state index contributed by atoms with van der Waals surface area (Å²) in [7, 11) is 0.